The van der Waals surface area contributed by atoms with Crippen LogP contribution in [0.2, 0.25) is 0 Å². The van der Waals surface area contributed by atoms with E-state index in [1.54, 1.807) is 0 Å². The van der Waals surface area contributed by atoms with Gasteiger partial charge in [0, 0.05) is 29.7 Å². The van der Waals surface area contributed by atoms with E-state index >= 15 is 0 Å². The quantitative estimate of drug-likeness (QED) is 0.401. The molecule has 0 amide bonds. The van der Waals surface area contributed by atoms with Crippen LogP contribution in [0.4, 0.5) is 0 Å². The van der Waals surface area contributed by atoms with E-state index in [1.165, 1.54) is 68.9 Å². The molecule has 2 fully saturated rings. The fourth-order valence-electron chi connectivity index (χ4n) is 5.79. The Morgan fingerprint density at radius 3 is 2.83 bits per heavy atom. The van der Waals surface area contributed by atoms with Crippen molar-refractivity contribution in [3.63, 3.8) is 0 Å². The molecule has 1 atom stereocenters. The van der Waals surface area contributed by atoms with Crippen LogP contribution in [-0.4, -0.2) is 32.1 Å². The molecule has 0 saturated carbocycles. The second kappa shape index (κ2) is 10.1. The number of hydrogen-bond donors (Lipinski definition) is 1. The van der Waals surface area contributed by atoms with Gasteiger partial charge >= 0.3 is 0 Å². The van der Waals surface area contributed by atoms with E-state index in [4.69, 9.17) is 4.74 Å². The van der Waals surface area contributed by atoms with Gasteiger partial charge in [0.05, 0.1) is 0 Å². The van der Waals surface area contributed by atoms with Crippen molar-refractivity contribution >= 4 is 21.7 Å². The second-order valence-corrected chi connectivity index (χ2v) is 10.2. The summed E-state index contributed by atoms with van der Waals surface area (Å²) in [5.74, 6) is 1.15. The molecule has 160 valence electrons. The predicted octanol–water partition coefficient (Wildman–Crippen LogP) is 5.97. The number of carbonyl (C=O) groups excluding carboxylic acids is 1. The molecule has 1 aliphatic carbocycles. The summed E-state index contributed by atoms with van der Waals surface area (Å²) in [7, 11) is 0. The van der Waals surface area contributed by atoms with Crippen molar-refractivity contribution in [3.05, 3.63) is 33.3 Å². The molecule has 0 bridgehead atoms. The molecule has 2 aliphatic heterocycles. The number of Topliss-reactive ketones (excluding diaryl/α,β-unsaturated/α-hetero) is 1. The third-order valence-corrected chi connectivity index (χ3v) is 8.52. The van der Waals surface area contributed by atoms with Gasteiger partial charge in [0.1, 0.15) is 0 Å². The first-order chi connectivity index (χ1) is 14.2. The van der Waals surface area contributed by atoms with Crippen molar-refractivity contribution in [2.75, 3.05) is 26.3 Å². The number of hydrogen-bond acceptors (Lipinski definition) is 3. The van der Waals surface area contributed by atoms with E-state index in [9.17, 15) is 4.79 Å². The maximum Gasteiger partial charge on any atom is 0.164 e. The number of nitrogens with one attached hydrogen (secondary N) is 1. The fourth-order valence-corrected chi connectivity index (χ4v) is 6.56. The van der Waals surface area contributed by atoms with Gasteiger partial charge in [0.15, 0.2) is 5.78 Å². The summed E-state index contributed by atoms with van der Waals surface area (Å²) in [5.41, 5.74) is 4.19. The minimum Gasteiger partial charge on any atom is -0.381 e. The van der Waals surface area contributed by atoms with Crippen LogP contribution in [0.25, 0.3) is 0 Å². The lowest BCUT2D eigenvalue weighted by Gasteiger charge is -2.35. The third kappa shape index (κ3) is 4.97. The molecule has 4 rings (SSSR count). The van der Waals surface area contributed by atoms with Crippen molar-refractivity contribution in [1.29, 1.82) is 0 Å². The molecule has 4 heteroatoms. The van der Waals surface area contributed by atoms with E-state index in [2.05, 4.69) is 33.4 Å². The Hall–Kier alpha value is -0.710. The Balaban J connectivity index is 1.28. The molecule has 1 spiro atoms. The molecule has 1 aromatic carbocycles. The fraction of sp³-hybridized carbons (Fsp3) is 0.720. The van der Waals surface area contributed by atoms with E-state index in [-0.39, 0.29) is 0 Å². The van der Waals surface area contributed by atoms with E-state index in [1.807, 2.05) is 0 Å². The summed E-state index contributed by atoms with van der Waals surface area (Å²) >= 11 is 3.82. The van der Waals surface area contributed by atoms with Gasteiger partial charge in [-0.05, 0) is 109 Å². The number of piperidine rings is 1. The molecular formula is C25H36BrNO2. The van der Waals surface area contributed by atoms with Gasteiger partial charge in [-0.3, -0.25) is 4.79 Å². The van der Waals surface area contributed by atoms with Crippen LogP contribution in [0, 0.1) is 5.92 Å². The lowest BCUT2D eigenvalue weighted by molar-refractivity contribution is 0.0978. The number of carbonyl (C=O) groups is 1. The monoisotopic (exact) mass is 461 g/mol. The number of unbranched alkanes of at least 4 members (excludes halogenated alkanes) is 2. The Morgan fingerprint density at radius 1 is 1.10 bits per heavy atom. The van der Waals surface area contributed by atoms with Crippen LogP contribution >= 0.6 is 15.9 Å². The normalized spacial score (nSPS) is 23.7. The van der Waals surface area contributed by atoms with Crippen LogP contribution in [0.5, 0.6) is 0 Å². The minimum atomic E-state index is 0.314. The second-order valence-electron chi connectivity index (χ2n) is 9.42. The summed E-state index contributed by atoms with van der Waals surface area (Å²) < 4.78 is 6.65. The Morgan fingerprint density at radius 2 is 1.97 bits per heavy atom. The first-order valence-electron chi connectivity index (χ1n) is 11.8. The van der Waals surface area contributed by atoms with Gasteiger partial charge in [-0.15, -0.1) is 0 Å². The molecule has 2 heterocycles. The number of ether oxygens (including phenoxy) is 1. The number of halogens is 1. The van der Waals surface area contributed by atoms with Crippen molar-refractivity contribution in [3.8, 4) is 0 Å². The largest absolute Gasteiger partial charge is 0.381 e. The Bertz CT molecular complexity index is 703. The van der Waals surface area contributed by atoms with Crippen molar-refractivity contribution < 1.29 is 9.53 Å². The summed E-state index contributed by atoms with van der Waals surface area (Å²) in [5, 5.41) is 3.50. The standard InChI is InChI=1S/C25H36BrNO2/c26-24-20-10-12-25(13-15-27-16-14-25)22(20)9-8-21(24)23(28)7-3-1-2-5-19-6-4-17-29-18-11-19/h8-9,19,27H,1-7,10-18H2. The van der Waals surface area contributed by atoms with Crippen LogP contribution in [0.3, 0.4) is 0 Å². The van der Waals surface area contributed by atoms with Crippen LogP contribution < -0.4 is 5.32 Å². The number of ketones is 1. The molecule has 1 aromatic rings. The van der Waals surface area contributed by atoms with Crippen LogP contribution in [0.1, 0.15) is 92.1 Å². The Labute approximate surface area is 184 Å². The smallest absolute Gasteiger partial charge is 0.164 e. The van der Waals surface area contributed by atoms with Crippen molar-refractivity contribution in [2.45, 2.75) is 82.5 Å². The molecule has 3 nitrogen and oxygen atoms in total. The first-order valence-corrected chi connectivity index (χ1v) is 12.6. The van der Waals surface area contributed by atoms with Gasteiger partial charge in [0.2, 0.25) is 0 Å². The Kier molecular flexibility index (Phi) is 7.47. The highest BCUT2D eigenvalue weighted by molar-refractivity contribution is 9.10. The average Bonchev–Trinajstić information content (AvgIpc) is 2.91. The predicted molar refractivity (Wildman–Crippen MR) is 122 cm³/mol. The molecule has 29 heavy (non-hydrogen) atoms. The zero-order valence-electron chi connectivity index (χ0n) is 17.7. The highest BCUT2D eigenvalue weighted by Crippen LogP contribution is 2.48. The van der Waals surface area contributed by atoms with Gasteiger partial charge in [-0.1, -0.05) is 25.3 Å². The summed E-state index contributed by atoms with van der Waals surface area (Å²) in [4.78, 5) is 12.9. The molecular weight excluding hydrogens is 426 g/mol. The highest BCUT2D eigenvalue weighted by Gasteiger charge is 2.40. The average molecular weight is 462 g/mol. The van der Waals surface area contributed by atoms with Gasteiger partial charge < -0.3 is 10.1 Å². The summed E-state index contributed by atoms with van der Waals surface area (Å²) in [6, 6.07) is 4.38. The van der Waals surface area contributed by atoms with Gasteiger partial charge in [-0.25, -0.2) is 0 Å². The summed E-state index contributed by atoms with van der Waals surface area (Å²) in [6.45, 7) is 4.11. The topological polar surface area (TPSA) is 38.3 Å². The van der Waals surface area contributed by atoms with Crippen LogP contribution in [0.15, 0.2) is 16.6 Å². The molecule has 0 radical (unpaired) electrons. The highest BCUT2D eigenvalue weighted by atomic mass is 79.9. The number of rotatable bonds is 7. The third-order valence-electron chi connectivity index (χ3n) is 7.62. The maximum absolute atomic E-state index is 12.9. The summed E-state index contributed by atoms with van der Waals surface area (Å²) in [6.07, 6.45) is 14.0. The minimum absolute atomic E-state index is 0.314. The van der Waals surface area contributed by atoms with Crippen molar-refractivity contribution in [2.24, 2.45) is 5.92 Å². The molecule has 1 N–H and O–H groups in total. The van der Waals surface area contributed by atoms with Gasteiger partial charge in [-0.2, -0.15) is 0 Å². The van der Waals surface area contributed by atoms with E-state index in [0.717, 1.165) is 55.1 Å². The van der Waals surface area contributed by atoms with Crippen molar-refractivity contribution in [1.82, 2.24) is 5.32 Å². The first kappa shape index (κ1) is 21.5. The molecule has 0 aromatic heterocycles. The van der Waals surface area contributed by atoms with E-state index in [0.29, 0.717) is 17.6 Å². The van der Waals surface area contributed by atoms with Gasteiger partial charge in [0.25, 0.3) is 0 Å². The van der Waals surface area contributed by atoms with E-state index < -0.39 is 0 Å². The SMILES string of the molecule is O=C(CCCCCC1CCCOCC1)c1ccc2c(c1Br)CCC21CCNCC1. The molecule has 1 unspecified atom stereocenters. The maximum atomic E-state index is 12.9. The number of benzene rings is 1. The number of fused-ring (bicyclic) bond motifs is 2. The van der Waals surface area contributed by atoms with Crippen LogP contribution in [-0.2, 0) is 16.6 Å². The lowest BCUT2D eigenvalue weighted by Crippen LogP contribution is -2.38. The zero-order valence-corrected chi connectivity index (χ0v) is 19.3. The molecule has 3 aliphatic rings. The molecule has 2 saturated heterocycles. The lowest BCUT2D eigenvalue weighted by atomic mass is 9.74. The zero-order chi connectivity index (χ0) is 20.1.